The van der Waals surface area contributed by atoms with Crippen LogP contribution in [0.15, 0.2) is 30.3 Å². The standard InChI is InChI=1S/C13H8Cl4O/c1-18-11-5-2-7(6-10(11)16)12-8(14)3-4-9(15)13(12)17/h2-6H,1H3. The third-order valence-corrected chi connectivity index (χ3v) is 3.90. The van der Waals surface area contributed by atoms with Crippen LogP contribution in [0.2, 0.25) is 20.1 Å². The van der Waals surface area contributed by atoms with E-state index in [4.69, 9.17) is 51.1 Å². The number of ether oxygens (including phenoxy) is 1. The number of hydrogen-bond acceptors (Lipinski definition) is 1. The van der Waals surface area contributed by atoms with Crippen molar-refractivity contribution in [2.24, 2.45) is 0 Å². The first-order valence-corrected chi connectivity index (χ1v) is 6.53. The van der Waals surface area contributed by atoms with Crippen LogP contribution in [0.1, 0.15) is 0 Å². The van der Waals surface area contributed by atoms with Crippen LogP contribution in [0.3, 0.4) is 0 Å². The first-order valence-electron chi connectivity index (χ1n) is 5.02. The molecule has 0 N–H and O–H groups in total. The molecule has 18 heavy (non-hydrogen) atoms. The Kier molecular flexibility index (Phi) is 4.29. The Hall–Kier alpha value is -0.600. The van der Waals surface area contributed by atoms with Gasteiger partial charge in [0.2, 0.25) is 0 Å². The van der Waals surface area contributed by atoms with Gasteiger partial charge in [0.05, 0.1) is 22.2 Å². The van der Waals surface area contributed by atoms with Crippen LogP contribution >= 0.6 is 46.4 Å². The summed E-state index contributed by atoms with van der Waals surface area (Å²) in [6.07, 6.45) is 0. The molecule has 0 heterocycles. The maximum Gasteiger partial charge on any atom is 0.137 e. The molecule has 0 saturated carbocycles. The molecule has 0 aliphatic heterocycles. The van der Waals surface area contributed by atoms with E-state index >= 15 is 0 Å². The summed E-state index contributed by atoms with van der Waals surface area (Å²) < 4.78 is 5.10. The Bertz CT molecular complexity index is 596. The maximum absolute atomic E-state index is 6.17. The quantitative estimate of drug-likeness (QED) is 0.618. The monoisotopic (exact) mass is 320 g/mol. The fourth-order valence-corrected chi connectivity index (χ4v) is 2.62. The van der Waals surface area contributed by atoms with Gasteiger partial charge in [-0.3, -0.25) is 0 Å². The van der Waals surface area contributed by atoms with Crippen molar-refractivity contribution in [1.82, 2.24) is 0 Å². The van der Waals surface area contributed by atoms with E-state index in [-0.39, 0.29) is 0 Å². The number of methoxy groups -OCH3 is 1. The molecule has 1 nitrogen and oxygen atoms in total. The van der Waals surface area contributed by atoms with Gasteiger partial charge in [-0.1, -0.05) is 52.5 Å². The van der Waals surface area contributed by atoms with Crippen LogP contribution in [-0.4, -0.2) is 7.11 Å². The van der Waals surface area contributed by atoms with Crippen molar-refractivity contribution in [1.29, 1.82) is 0 Å². The lowest BCUT2D eigenvalue weighted by Crippen LogP contribution is -1.87. The second kappa shape index (κ2) is 5.58. The van der Waals surface area contributed by atoms with Gasteiger partial charge in [0, 0.05) is 10.6 Å². The van der Waals surface area contributed by atoms with Gasteiger partial charge in [0.15, 0.2) is 0 Å². The van der Waals surface area contributed by atoms with Crippen LogP contribution in [0.5, 0.6) is 5.75 Å². The van der Waals surface area contributed by atoms with Crippen molar-refractivity contribution in [2.75, 3.05) is 7.11 Å². The predicted octanol–water partition coefficient (Wildman–Crippen LogP) is 5.98. The zero-order chi connectivity index (χ0) is 13.3. The molecular formula is C13H8Cl4O. The molecule has 0 bridgehead atoms. The normalized spacial score (nSPS) is 10.5. The van der Waals surface area contributed by atoms with Gasteiger partial charge in [0.1, 0.15) is 5.75 Å². The Morgan fingerprint density at radius 3 is 2.11 bits per heavy atom. The van der Waals surface area contributed by atoms with Crippen LogP contribution in [0, 0.1) is 0 Å². The van der Waals surface area contributed by atoms with E-state index in [1.165, 1.54) is 0 Å². The van der Waals surface area contributed by atoms with Crippen molar-refractivity contribution in [3.8, 4) is 16.9 Å². The molecule has 2 rings (SSSR count). The molecule has 2 aromatic rings. The molecular weight excluding hydrogens is 314 g/mol. The van der Waals surface area contributed by atoms with Crippen molar-refractivity contribution < 1.29 is 4.74 Å². The molecule has 0 unspecified atom stereocenters. The molecule has 0 radical (unpaired) electrons. The average molecular weight is 322 g/mol. The lowest BCUT2D eigenvalue weighted by atomic mass is 10.1. The van der Waals surface area contributed by atoms with Crippen LogP contribution < -0.4 is 4.74 Å². The molecule has 5 heteroatoms. The van der Waals surface area contributed by atoms with Gasteiger partial charge in [-0.05, 0) is 29.8 Å². The third kappa shape index (κ3) is 2.55. The summed E-state index contributed by atoms with van der Waals surface area (Å²) in [5.74, 6) is 0.592. The maximum atomic E-state index is 6.17. The summed E-state index contributed by atoms with van der Waals surface area (Å²) in [5, 5.41) is 1.86. The molecule has 2 aromatic carbocycles. The SMILES string of the molecule is COc1ccc(-c2c(Cl)ccc(Cl)c2Cl)cc1Cl. The molecule has 0 aliphatic carbocycles. The zero-order valence-electron chi connectivity index (χ0n) is 9.31. The molecule has 0 fully saturated rings. The average Bonchev–Trinajstić information content (AvgIpc) is 2.35. The second-order valence-corrected chi connectivity index (χ2v) is 5.17. The summed E-state index contributed by atoms with van der Waals surface area (Å²) in [5.41, 5.74) is 1.45. The molecule has 0 aliphatic rings. The molecule has 94 valence electrons. The first kappa shape index (κ1) is 13.8. The highest BCUT2D eigenvalue weighted by atomic mass is 35.5. The largest absolute Gasteiger partial charge is 0.495 e. The van der Waals surface area contributed by atoms with E-state index in [0.717, 1.165) is 5.56 Å². The number of halogens is 4. The summed E-state index contributed by atoms with van der Waals surface area (Å²) in [6, 6.07) is 8.67. The minimum Gasteiger partial charge on any atom is -0.495 e. The first-order chi connectivity index (χ1) is 8.54. The smallest absolute Gasteiger partial charge is 0.137 e. The molecule has 0 spiro atoms. The fraction of sp³-hybridized carbons (Fsp3) is 0.0769. The lowest BCUT2D eigenvalue weighted by Gasteiger charge is -2.10. The van der Waals surface area contributed by atoms with Gasteiger partial charge in [-0.25, -0.2) is 0 Å². The van der Waals surface area contributed by atoms with E-state index < -0.39 is 0 Å². The van der Waals surface area contributed by atoms with Gasteiger partial charge in [-0.15, -0.1) is 0 Å². The van der Waals surface area contributed by atoms with Crippen LogP contribution in [0.4, 0.5) is 0 Å². The Morgan fingerprint density at radius 2 is 1.50 bits per heavy atom. The Balaban J connectivity index is 2.62. The third-order valence-electron chi connectivity index (χ3n) is 2.48. The van der Waals surface area contributed by atoms with E-state index in [0.29, 0.717) is 31.4 Å². The Labute approximate surface area is 125 Å². The lowest BCUT2D eigenvalue weighted by molar-refractivity contribution is 0.415. The highest BCUT2D eigenvalue weighted by Gasteiger charge is 2.13. The zero-order valence-corrected chi connectivity index (χ0v) is 12.3. The highest BCUT2D eigenvalue weighted by Crippen LogP contribution is 2.41. The Morgan fingerprint density at radius 1 is 0.833 bits per heavy atom. The summed E-state index contributed by atoms with van der Waals surface area (Å²) in [6.45, 7) is 0. The van der Waals surface area contributed by atoms with E-state index in [9.17, 15) is 0 Å². The van der Waals surface area contributed by atoms with E-state index in [2.05, 4.69) is 0 Å². The molecule has 0 amide bonds. The van der Waals surface area contributed by atoms with Crippen LogP contribution in [-0.2, 0) is 0 Å². The number of benzene rings is 2. The number of rotatable bonds is 2. The van der Waals surface area contributed by atoms with E-state index in [1.54, 1.807) is 31.4 Å². The van der Waals surface area contributed by atoms with Gasteiger partial charge in [0.25, 0.3) is 0 Å². The van der Waals surface area contributed by atoms with Gasteiger partial charge < -0.3 is 4.74 Å². The summed E-state index contributed by atoms with van der Waals surface area (Å²) >= 11 is 24.4. The second-order valence-electron chi connectivity index (χ2n) is 3.57. The molecule has 0 atom stereocenters. The van der Waals surface area contributed by atoms with Crippen molar-refractivity contribution in [2.45, 2.75) is 0 Å². The molecule has 0 saturated heterocycles. The van der Waals surface area contributed by atoms with Crippen LogP contribution in [0.25, 0.3) is 11.1 Å². The topological polar surface area (TPSA) is 9.23 Å². The summed E-state index contributed by atoms with van der Waals surface area (Å²) in [7, 11) is 1.56. The molecule has 0 aromatic heterocycles. The highest BCUT2D eigenvalue weighted by molar-refractivity contribution is 6.46. The van der Waals surface area contributed by atoms with Gasteiger partial charge >= 0.3 is 0 Å². The minimum atomic E-state index is 0.408. The minimum absolute atomic E-state index is 0.408. The van der Waals surface area contributed by atoms with Crippen molar-refractivity contribution in [3.05, 3.63) is 50.4 Å². The number of hydrogen-bond donors (Lipinski definition) is 0. The fourth-order valence-electron chi connectivity index (χ4n) is 1.61. The van der Waals surface area contributed by atoms with E-state index in [1.807, 2.05) is 6.07 Å². The van der Waals surface area contributed by atoms with Gasteiger partial charge in [-0.2, -0.15) is 0 Å². The van der Waals surface area contributed by atoms with Crippen molar-refractivity contribution >= 4 is 46.4 Å². The van der Waals surface area contributed by atoms with Crippen molar-refractivity contribution in [3.63, 3.8) is 0 Å². The summed E-state index contributed by atoms with van der Waals surface area (Å²) in [4.78, 5) is 0. The predicted molar refractivity (Wildman–Crippen MR) is 78.5 cm³/mol.